The second-order valence-electron chi connectivity index (χ2n) is 2.75. The number of methoxy groups -OCH3 is 1. The third-order valence-corrected chi connectivity index (χ3v) is 3.93. The zero-order chi connectivity index (χ0) is 12.3. The quantitative estimate of drug-likeness (QED) is 0.669. The Bertz CT molecular complexity index is 459. The number of phenols is 1. The Morgan fingerprint density at radius 2 is 2.12 bits per heavy atom. The van der Waals surface area contributed by atoms with E-state index in [1.54, 1.807) is 0 Å². The maximum Gasteiger partial charge on any atom is 0.235 e. The third kappa shape index (κ3) is 2.73. The van der Waals surface area contributed by atoms with Crippen LogP contribution in [0.3, 0.4) is 0 Å². The zero-order valence-corrected chi connectivity index (χ0v) is 11.3. The summed E-state index contributed by atoms with van der Waals surface area (Å²) in [5.74, 6) is 0.172. The number of nitro groups is 1. The minimum atomic E-state index is -0.570. The van der Waals surface area contributed by atoms with Gasteiger partial charge in [-0.15, -0.1) is 0 Å². The SMILES string of the molecule is COc1cc(/C=C/[N+](=O)[O-])c(Br)c(Br)c1O. The highest BCUT2D eigenvalue weighted by molar-refractivity contribution is 9.13. The summed E-state index contributed by atoms with van der Waals surface area (Å²) in [4.78, 5) is 9.63. The van der Waals surface area contributed by atoms with Crippen LogP contribution in [-0.4, -0.2) is 17.1 Å². The molecule has 0 bridgehead atoms. The van der Waals surface area contributed by atoms with E-state index in [1.165, 1.54) is 19.3 Å². The fourth-order valence-electron chi connectivity index (χ4n) is 1.03. The van der Waals surface area contributed by atoms with Crippen molar-refractivity contribution in [3.8, 4) is 11.5 Å². The first-order valence-corrected chi connectivity index (χ1v) is 5.62. The lowest BCUT2D eigenvalue weighted by molar-refractivity contribution is -0.400. The first kappa shape index (κ1) is 13.0. The maximum atomic E-state index is 10.2. The molecule has 0 saturated heterocycles. The van der Waals surface area contributed by atoms with Gasteiger partial charge >= 0.3 is 0 Å². The number of aromatic hydroxyl groups is 1. The number of halogens is 2. The summed E-state index contributed by atoms with van der Waals surface area (Å²) in [5.41, 5.74) is 0.526. The molecule has 7 heteroatoms. The lowest BCUT2D eigenvalue weighted by Crippen LogP contribution is -1.89. The zero-order valence-electron chi connectivity index (χ0n) is 8.11. The molecule has 0 heterocycles. The summed E-state index contributed by atoms with van der Waals surface area (Å²) in [6.45, 7) is 0. The summed E-state index contributed by atoms with van der Waals surface area (Å²) in [5, 5.41) is 19.8. The van der Waals surface area contributed by atoms with Crippen molar-refractivity contribution in [3.63, 3.8) is 0 Å². The van der Waals surface area contributed by atoms with Gasteiger partial charge in [0.2, 0.25) is 6.20 Å². The lowest BCUT2D eigenvalue weighted by Gasteiger charge is -2.08. The molecule has 0 spiro atoms. The maximum absolute atomic E-state index is 10.2. The van der Waals surface area contributed by atoms with Crippen molar-refractivity contribution in [2.24, 2.45) is 0 Å². The fourth-order valence-corrected chi connectivity index (χ4v) is 1.89. The van der Waals surface area contributed by atoms with E-state index in [0.29, 0.717) is 14.5 Å². The Balaban J connectivity index is 3.30. The Labute approximate surface area is 108 Å². The van der Waals surface area contributed by atoms with Crippen LogP contribution in [-0.2, 0) is 0 Å². The normalized spacial score (nSPS) is 10.7. The van der Waals surface area contributed by atoms with Crippen LogP contribution >= 0.6 is 31.9 Å². The van der Waals surface area contributed by atoms with Gasteiger partial charge in [-0.1, -0.05) is 0 Å². The smallest absolute Gasteiger partial charge is 0.235 e. The second-order valence-corrected chi connectivity index (χ2v) is 4.33. The van der Waals surface area contributed by atoms with Gasteiger partial charge in [0.05, 0.1) is 16.5 Å². The van der Waals surface area contributed by atoms with E-state index in [9.17, 15) is 15.2 Å². The molecule has 0 aromatic heterocycles. The highest BCUT2D eigenvalue weighted by Gasteiger charge is 2.13. The molecule has 0 saturated carbocycles. The Kier molecular flexibility index (Phi) is 4.31. The van der Waals surface area contributed by atoms with Crippen LogP contribution in [0.15, 0.2) is 21.2 Å². The van der Waals surface area contributed by atoms with Crippen LogP contribution in [0.5, 0.6) is 11.5 Å². The van der Waals surface area contributed by atoms with Crippen molar-refractivity contribution in [2.45, 2.75) is 0 Å². The van der Waals surface area contributed by atoms with E-state index in [4.69, 9.17) is 4.74 Å². The van der Waals surface area contributed by atoms with Gasteiger partial charge in [-0.05, 0) is 43.5 Å². The van der Waals surface area contributed by atoms with Crippen molar-refractivity contribution < 1.29 is 14.8 Å². The van der Waals surface area contributed by atoms with Crippen molar-refractivity contribution in [1.29, 1.82) is 0 Å². The lowest BCUT2D eigenvalue weighted by atomic mass is 10.2. The van der Waals surface area contributed by atoms with Gasteiger partial charge in [-0.25, -0.2) is 0 Å². The first-order valence-electron chi connectivity index (χ1n) is 4.04. The third-order valence-electron chi connectivity index (χ3n) is 1.77. The molecule has 16 heavy (non-hydrogen) atoms. The molecule has 0 atom stereocenters. The largest absolute Gasteiger partial charge is 0.503 e. The predicted molar refractivity (Wildman–Crippen MR) is 66.1 cm³/mol. The average molecular weight is 353 g/mol. The van der Waals surface area contributed by atoms with Crippen molar-refractivity contribution in [1.82, 2.24) is 0 Å². The number of nitrogens with zero attached hydrogens (tertiary/aromatic N) is 1. The molecule has 5 nitrogen and oxygen atoms in total. The Morgan fingerprint density at radius 3 is 2.62 bits per heavy atom. The molecule has 0 aliphatic heterocycles. The number of ether oxygens (including phenoxy) is 1. The van der Waals surface area contributed by atoms with Crippen molar-refractivity contribution >= 4 is 37.9 Å². The Hall–Kier alpha value is -1.08. The molecule has 0 radical (unpaired) electrons. The monoisotopic (exact) mass is 351 g/mol. The van der Waals surface area contributed by atoms with E-state index >= 15 is 0 Å². The predicted octanol–water partition coefficient (Wildman–Crippen LogP) is 3.17. The van der Waals surface area contributed by atoms with Crippen LogP contribution < -0.4 is 4.74 Å². The molecular weight excluding hydrogens is 346 g/mol. The summed E-state index contributed by atoms with van der Waals surface area (Å²) in [6.07, 6.45) is 2.11. The summed E-state index contributed by atoms with van der Waals surface area (Å²) in [6, 6.07) is 1.49. The first-order chi connectivity index (χ1) is 7.47. The number of rotatable bonds is 3. The fraction of sp³-hybridized carbons (Fsp3) is 0.111. The number of benzene rings is 1. The molecule has 1 aromatic carbocycles. The van der Waals surface area contributed by atoms with Gasteiger partial charge in [0, 0.05) is 10.5 Å². The number of phenolic OH excluding ortho intramolecular Hbond substituents is 1. The molecule has 0 aliphatic rings. The highest BCUT2D eigenvalue weighted by Crippen LogP contribution is 2.42. The molecule has 1 N–H and O–H groups in total. The van der Waals surface area contributed by atoms with Crippen LogP contribution in [0, 0.1) is 10.1 Å². The van der Waals surface area contributed by atoms with E-state index in [-0.39, 0.29) is 11.5 Å². The molecule has 1 aromatic rings. The van der Waals surface area contributed by atoms with Crippen LogP contribution in [0.25, 0.3) is 6.08 Å². The molecular formula is C9H7Br2NO4. The van der Waals surface area contributed by atoms with Crippen LogP contribution in [0.4, 0.5) is 0 Å². The number of hydrogen-bond acceptors (Lipinski definition) is 4. The summed E-state index contributed by atoms with van der Waals surface area (Å²) in [7, 11) is 1.40. The van der Waals surface area contributed by atoms with Gasteiger partial charge in [0.1, 0.15) is 0 Å². The van der Waals surface area contributed by atoms with E-state index in [2.05, 4.69) is 31.9 Å². The van der Waals surface area contributed by atoms with E-state index in [0.717, 1.165) is 6.20 Å². The van der Waals surface area contributed by atoms with E-state index in [1.807, 2.05) is 0 Å². The van der Waals surface area contributed by atoms with E-state index < -0.39 is 4.92 Å². The molecule has 1 rings (SSSR count). The minimum absolute atomic E-state index is 0.0624. The van der Waals surface area contributed by atoms with Crippen molar-refractivity contribution in [2.75, 3.05) is 7.11 Å². The van der Waals surface area contributed by atoms with Gasteiger partial charge < -0.3 is 9.84 Å². The molecule has 0 amide bonds. The minimum Gasteiger partial charge on any atom is -0.503 e. The number of hydrogen-bond donors (Lipinski definition) is 1. The molecule has 0 unspecified atom stereocenters. The topological polar surface area (TPSA) is 72.6 Å². The summed E-state index contributed by atoms with van der Waals surface area (Å²) >= 11 is 6.36. The highest BCUT2D eigenvalue weighted by atomic mass is 79.9. The average Bonchev–Trinajstić information content (AvgIpc) is 2.25. The molecule has 0 aliphatic carbocycles. The van der Waals surface area contributed by atoms with Crippen LogP contribution in [0.2, 0.25) is 0 Å². The molecule has 86 valence electrons. The van der Waals surface area contributed by atoms with Gasteiger partial charge in [-0.2, -0.15) is 0 Å². The van der Waals surface area contributed by atoms with Gasteiger partial charge in [-0.3, -0.25) is 10.1 Å². The van der Waals surface area contributed by atoms with Crippen molar-refractivity contribution in [3.05, 3.63) is 36.9 Å². The van der Waals surface area contributed by atoms with Gasteiger partial charge in [0.25, 0.3) is 0 Å². The second kappa shape index (κ2) is 5.31. The standard InChI is InChI=1S/C9H7Br2NO4/c1-16-6-4-5(2-3-12(14)15)7(10)8(11)9(6)13/h2-4,13H,1H3/b3-2+. The summed E-state index contributed by atoms with van der Waals surface area (Å²) < 4.78 is 5.83. The van der Waals surface area contributed by atoms with Crippen LogP contribution in [0.1, 0.15) is 5.56 Å². The van der Waals surface area contributed by atoms with Gasteiger partial charge in [0.15, 0.2) is 11.5 Å². The Morgan fingerprint density at radius 1 is 1.50 bits per heavy atom. The molecule has 0 fully saturated rings.